The number of aliphatic hydroxyl groups excluding tert-OH is 1. The van der Waals surface area contributed by atoms with E-state index < -0.39 is 11.9 Å². The molecule has 0 aliphatic heterocycles. The van der Waals surface area contributed by atoms with Gasteiger partial charge in [-0.3, -0.25) is 0 Å². The molecule has 0 radical (unpaired) electrons. The Morgan fingerprint density at radius 2 is 1.79 bits per heavy atom. The molecule has 0 bridgehead atoms. The van der Waals surface area contributed by atoms with Crippen LogP contribution in [0.1, 0.15) is 11.6 Å². The third kappa shape index (κ3) is 3.52. The number of aliphatic hydroxyl groups is 1. The van der Waals surface area contributed by atoms with Crippen molar-refractivity contribution in [1.82, 2.24) is 0 Å². The maximum Gasteiger partial charge on any atom is 0.128 e. The molecule has 2 aromatic rings. The fraction of sp³-hybridized carbons (Fsp3) is 0.143. The molecule has 0 aliphatic carbocycles. The molecule has 0 aromatic heterocycles. The third-order valence-corrected chi connectivity index (χ3v) is 3.19. The molecule has 0 aliphatic rings. The minimum Gasteiger partial charge on any atom is -0.394 e. The maximum atomic E-state index is 13.7. The van der Waals surface area contributed by atoms with Crippen LogP contribution in [0, 0.1) is 11.6 Å². The van der Waals surface area contributed by atoms with Crippen LogP contribution in [-0.2, 0) is 0 Å². The summed E-state index contributed by atoms with van der Waals surface area (Å²) in [6.07, 6.45) is 0. The van der Waals surface area contributed by atoms with Crippen molar-refractivity contribution in [2.75, 3.05) is 11.9 Å². The molecule has 1 atom stereocenters. The fourth-order valence-corrected chi connectivity index (χ4v) is 2.13. The van der Waals surface area contributed by atoms with Crippen molar-refractivity contribution in [1.29, 1.82) is 0 Å². The van der Waals surface area contributed by atoms with Gasteiger partial charge < -0.3 is 10.4 Å². The summed E-state index contributed by atoms with van der Waals surface area (Å²) in [5, 5.41) is 12.4. The van der Waals surface area contributed by atoms with E-state index in [9.17, 15) is 13.9 Å². The van der Waals surface area contributed by atoms with E-state index in [1.54, 1.807) is 12.1 Å². The maximum absolute atomic E-state index is 13.7. The Balaban J connectivity index is 2.24. The van der Waals surface area contributed by atoms with Gasteiger partial charge in [0.05, 0.1) is 12.6 Å². The van der Waals surface area contributed by atoms with Crippen LogP contribution in [0.25, 0.3) is 0 Å². The molecule has 0 saturated heterocycles. The van der Waals surface area contributed by atoms with E-state index in [0.717, 1.165) is 4.47 Å². The Bertz CT molecular complexity index is 560. The summed E-state index contributed by atoms with van der Waals surface area (Å²) < 4.78 is 27.3. The summed E-state index contributed by atoms with van der Waals surface area (Å²) in [7, 11) is 0. The second kappa shape index (κ2) is 6.12. The molecule has 0 amide bonds. The van der Waals surface area contributed by atoms with E-state index in [-0.39, 0.29) is 12.4 Å². The van der Waals surface area contributed by atoms with Crippen molar-refractivity contribution in [3.63, 3.8) is 0 Å². The smallest absolute Gasteiger partial charge is 0.128 e. The summed E-state index contributed by atoms with van der Waals surface area (Å²) >= 11 is 3.26. The molecule has 2 aromatic carbocycles. The van der Waals surface area contributed by atoms with E-state index in [1.165, 1.54) is 30.3 Å². The van der Waals surface area contributed by atoms with Crippen molar-refractivity contribution in [2.24, 2.45) is 0 Å². The summed E-state index contributed by atoms with van der Waals surface area (Å²) in [5.74, 6) is -0.753. The zero-order chi connectivity index (χ0) is 13.8. The predicted octanol–water partition coefficient (Wildman–Crippen LogP) is 3.87. The average Bonchev–Trinajstić information content (AvgIpc) is 2.41. The van der Waals surface area contributed by atoms with Crippen molar-refractivity contribution < 1.29 is 13.9 Å². The van der Waals surface area contributed by atoms with Crippen LogP contribution < -0.4 is 5.32 Å². The quantitative estimate of drug-likeness (QED) is 0.893. The van der Waals surface area contributed by atoms with Crippen molar-refractivity contribution in [3.8, 4) is 0 Å². The van der Waals surface area contributed by atoms with Crippen LogP contribution in [0.2, 0.25) is 0 Å². The molecular weight excluding hydrogens is 316 g/mol. The largest absolute Gasteiger partial charge is 0.394 e. The van der Waals surface area contributed by atoms with E-state index in [0.29, 0.717) is 11.3 Å². The molecule has 100 valence electrons. The minimum atomic E-state index is -0.594. The number of hydrogen-bond acceptors (Lipinski definition) is 2. The number of nitrogens with one attached hydrogen (secondary N) is 1. The third-order valence-electron chi connectivity index (χ3n) is 2.70. The molecule has 2 N–H and O–H groups in total. The lowest BCUT2D eigenvalue weighted by molar-refractivity contribution is 0.274. The lowest BCUT2D eigenvalue weighted by Gasteiger charge is -2.19. The van der Waals surface area contributed by atoms with Crippen molar-refractivity contribution >= 4 is 21.6 Å². The first-order valence-corrected chi connectivity index (χ1v) is 6.47. The second-order valence-electron chi connectivity index (χ2n) is 4.05. The molecule has 0 spiro atoms. The van der Waals surface area contributed by atoms with E-state index in [1.807, 2.05) is 0 Å². The Kier molecular flexibility index (Phi) is 4.50. The first kappa shape index (κ1) is 14.0. The summed E-state index contributed by atoms with van der Waals surface area (Å²) in [6, 6.07) is 9.60. The number of benzene rings is 2. The molecule has 2 nitrogen and oxygen atoms in total. The molecule has 2 rings (SSSR count). The van der Waals surface area contributed by atoms with Crippen LogP contribution in [0.15, 0.2) is 46.9 Å². The number of halogens is 3. The standard InChI is InChI=1S/C14H12BrF2NO/c15-9-1-6-13(17)12(7-9)14(8-19)18-11-4-2-10(16)3-5-11/h1-7,14,18-19H,8H2. The van der Waals surface area contributed by atoms with E-state index in [2.05, 4.69) is 21.2 Å². The lowest BCUT2D eigenvalue weighted by Crippen LogP contribution is -2.16. The molecule has 0 saturated carbocycles. The number of anilines is 1. The van der Waals surface area contributed by atoms with Gasteiger partial charge in [-0.25, -0.2) is 8.78 Å². The molecule has 1 unspecified atom stereocenters. The number of rotatable bonds is 4. The summed E-state index contributed by atoms with van der Waals surface area (Å²) in [5.41, 5.74) is 0.959. The van der Waals surface area contributed by atoms with Crippen LogP contribution in [0.4, 0.5) is 14.5 Å². The van der Waals surface area contributed by atoms with Crippen LogP contribution in [-0.4, -0.2) is 11.7 Å². The lowest BCUT2D eigenvalue weighted by atomic mass is 10.1. The normalized spacial score (nSPS) is 12.2. The average molecular weight is 328 g/mol. The van der Waals surface area contributed by atoms with Gasteiger partial charge in [-0.1, -0.05) is 15.9 Å². The topological polar surface area (TPSA) is 32.3 Å². The first-order valence-electron chi connectivity index (χ1n) is 5.68. The van der Waals surface area contributed by atoms with Gasteiger partial charge in [0.25, 0.3) is 0 Å². The van der Waals surface area contributed by atoms with Crippen LogP contribution >= 0.6 is 15.9 Å². The highest BCUT2D eigenvalue weighted by Gasteiger charge is 2.15. The highest BCUT2D eigenvalue weighted by atomic mass is 79.9. The SMILES string of the molecule is OCC(Nc1ccc(F)cc1)c1cc(Br)ccc1F. The van der Waals surface area contributed by atoms with Crippen LogP contribution in [0.3, 0.4) is 0 Å². The predicted molar refractivity (Wildman–Crippen MR) is 73.9 cm³/mol. The van der Waals surface area contributed by atoms with Crippen molar-refractivity contribution in [3.05, 3.63) is 64.1 Å². The minimum absolute atomic E-state index is 0.273. The van der Waals surface area contributed by atoms with Crippen LogP contribution in [0.5, 0.6) is 0 Å². The Hall–Kier alpha value is -1.46. The monoisotopic (exact) mass is 327 g/mol. The Morgan fingerprint density at radius 3 is 2.42 bits per heavy atom. The van der Waals surface area contributed by atoms with Gasteiger partial charge in [0.2, 0.25) is 0 Å². The summed E-state index contributed by atoms with van der Waals surface area (Å²) in [4.78, 5) is 0. The van der Waals surface area contributed by atoms with Gasteiger partial charge in [0.15, 0.2) is 0 Å². The Labute approximate surface area is 118 Å². The molecular formula is C14H12BrF2NO. The highest BCUT2D eigenvalue weighted by molar-refractivity contribution is 9.10. The molecule has 0 heterocycles. The summed E-state index contributed by atoms with van der Waals surface area (Å²) in [6.45, 7) is -0.273. The Morgan fingerprint density at radius 1 is 1.11 bits per heavy atom. The zero-order valence-electron chi connectivity index (χ0n) is 9.91. The fourth-order valence-electron chi connectivity index (χ4n) is 1.75. The van der Waals surface area contributed by atoms with Gasteiger partial charge in [-0.05, 0) is 42.5 Å². The highest BCUT2D eigenvalue weighted by Crippen LogP contribution is 2.25. The zero-order valence-corrected chi connectivity index (χ0v) is 11.5. The first-order chi connectivity index (χ1) is 9.10. The second-order valence-corrected chi connectivity index (χ2v) is 4.97. The molecule has 0 fully saturated rings. The van der Waals surface area contributed by atoms with Gasteiger partial charge in [0, 0.05) is 15.7 Å². The molecule has 19 heavy (non-hydrogen) atoms. The van der Waals surface area contributed by atoms with E-state index >= 15 is 0 Å². The molecule has 5 heteroatoms. The van der Waals surface area contributed by atoms with Gasteiger partial charge >= 0.3 is 0 Å². The number of hydrogen-bond donors (Lipinski definition) is 2. The van der Waals surface area contributed by atoms with Crippen molar-refractivity contribution in [2.45, 2.75) is 6.04 Å². The van der Waals surface area contributed by atoms with Gasteiger partial charge in [-0.2, -0.15) is 0 Å². The van der Waals surface area contributed by atoms with Gasteiger partial charge in [0.1, 0.15) is 11.6 Å². The van der Waals surface area contributed by atoms with Gasteiger partial charge in [-0.15, -0.1) is 0 Å². The van der Waals surface area contributed by atoms with E-state index in [4.69, 9.17) is 0 Å².